The number of carbonyl (C=O) groups is 2. The highest BCUT2D eigenvalue weighted by Gasteiger charge is 2.35. The van der Waals surface area contributed by atoms with Crippen LogP contribution in [0.3, 0.4) is 0 Å². The molecule has 0 unspecified atom stereocenters. The Morgan fingerprint density at radius 3 is 2.20 bits per heavy atom. The number of hydrogen-bond acceptors (Lipinski definition) is 3. The van der Waals surface area contributed by atoms with Crippen LogP contribution >= 0.6 is 12.4 Å². The number of likely N-dealkylation sites (tertiary alicyclic amines) is 1. The van der Waals surface area contributed by atoms with Gasteiger partial charge >= 0.3 is 0 Å². The van der Waals surface area contributed by atoms with Gasteiger partial charge in [0, 0.05) is 12.5 Å². The van der Waals surface area contributed by atoms with E-state index in [1.807, 2.05) is 0 Å². The second-order valence-electron chi connectivity index (χ2n) is 5.71. The number of primary amides is 1. The normalized spacial score (nSPS) is 31.5. The van der Waals surface area contributed by atoms with E-state index in [-0.39, 0.29) is 42.6 Å². The third kappa shape index (κ3) is 3.82. The Labute approximate surface area is 124 Å². The summed E-state index contributed by atoms with van der Waals surface area (Å²) in [6.07, 6.45) is 2.38. The van der Waals surface area contributed by atoms with Crippen LogP contribution in [-0.4, -0.2) is 42.0 Å². The van der Waals surface area contributed by atoms with Gasteiger partial charge in [-0.25, -0.2) is 4.39 Å². The molecule has 1 heterocycles. The van der Waals surface area contributed by atoms with Gasteiger partial charge in [-0.1, -0.05) is 0 Å². The molecule has 0 aromatic rings. The summed E-state index contributed by atoms with van der Waals surface area (Å²) in [5.74, 6) is -0.414. The van der Waals surface area contributed by atoms with Crippen LogP contribution in [0, 0.1) is 11.8 Å². The molecule has 0 radical (unpaired) electrons. The summed E-state index contributed by atoms with van der Waals surface area (Å²) >= 11 is 0. The zero-order valence-corrected chi connectivity index (χ0v) is 12.3. The number of amides is 2. The van der Waals surface area contributed by atoms with Crippen LogP contribution in [0.15, 0.2) is 0 Å². The topological polar surface area (TPSA) is 89.4 Å². The van der Waals surface area contributed by atoms with Crippen LogP contribution in [0.25, 0.3) is 0 Å². The van der Waals surface area contributed by atoms with Gasteiger partial charge in [0.2, 0.25) is 11.8 Å². The number of carbonyl (C=O) groups excluding carboxylic acids is 2. The average Bonchev–Trinajstić information content (AvgIpc) is 2.84. The van der Waals surface area contributed by atoms with Gasteiger partial charge < -0.3 is 16.4 Å². The van der Waals surface area contributed by atoms with Gasteiger partial charge in [-0.3, -0.25) is 9.59 Å². The minimum atomic E-state index is -0.915. The predicted molar refractivity (Wildman–Crippen MR) is 76.0 cm³/mol. The second-order valence-corrected chi connectivity index (χ2v) is 5.71. The summed E-state index contributed by atoms with van der Waals surface area (Å²) in [7, 11) is 0. The molecule has 1 saturated carbocycles. The first-order chi connectivity index (χ1) is 8.99. The van der Waals surface area contributed by atoms with Crippen LogP contribution in [0.4, 0.5) is 4.39 Å². The van der Waals surface area contributed by atoms with Crippen molar-refractivity contribution in [3.8, 4) is 0 Å². The first-order valence-electron chi connectivity index (χ1n) is 6.96. The summed E-state index contributed by atoms with van der Waals surface area (Å²) in [5, 5.41) is 0. The molecule has 1 aliphatic carbocycles. The molecule has 7 heteroatoms. The van der Waals surface area contributed by atoms with Gasteiger partial charge in [-0.15, -0.1) is 12.4 Å². The van der Waals surface area contributed by atoms with Crippen LogP contribution in [0.1, 0.15) is 32.1 Å². The molecule has 0 spiro atoms. The van der Waals surface area contributed by atoms with Crippen molar-refractivity contribution in [3.05, 3.63) is 0 Å². The monoisotopic (exact) mass is 307 g/mol. The number of hydrogen-bond donors (Lipinski definition) is 2. The fraction of sp³-hybridized carbons (Fsp3) is 0.846. The molecule has 2 aliphatic rings. The third-order valence-corrected chi connectivity index (χ3v) is 4.41. The molecule has 5 nitrogen and oxygen atoms in total. The third-order valence-electron chi connectivity index (χ3n) is 4.41. The molecule has 2 atom stereocenters. The van der Waals surface area contributed by atoms with Crippen LogP contribution in [0.5, 0.6) is 0 Å². The molecular weight excluding hydrogens is 285 g/mol. The summed E-state index contributed by atoms with van der Waals surface area (Å²) in [4.78, 5) is 24.8. The zero-order chi connectivity index (χ0) is 14.0. The average molecular weight is 308 g/mol. The Kier molecular flexibility index (Phi) is 6.20. The van der Waals surface area contributed by atoms with Crippen molar-refractivity contribution in [3.63, 3.8) is 0 Å². The van der Waals surface area contributed by atoms with E-state index < -0.39 is 12.2 Å². The smallest absolute Gasteiger partial charge is 0.239 e. The van der Waals surface area contributed by atoms with Crippen LogP contribution in [0.2, 0.25) is 0 Å². The molecule has 2 amide bonds. The lowest BCUT2D eigenvalue weighted by atomic mass is 9.78. The molecule has 4 N–H and O–H groups in total. The highest BCUT2D eigenvalue weighted by atomic mass is 35.5. The van der Waals surface area contributed by atoms with E-state index in [1.54, 1.807) is 0 Å². The summed E-state index contributed by atoms with van der Waals surface area (Å²) in [5.41, 5.74) is 11.3. The maximum absolute atomic E-state index is 13.1. The van der Waals surface area contributed by atoms with Gasteiger partial charge in [-0.2, -0.15) is 0 Å². The van der Waals surface area contributed by atoms with Gasteiger partial charge in [0.25, 0.3) is 0 Å². The molecule has 1 aliphatic heterocycles. The van der Waals surface area contributed by atoms with Crippen molar-refractivity contribution in [1.29, 1.82) is 0 Å². The summed E-state index contributed by atoms with van der Waals surface area (Å²) in [6, 6.07) is -0.570. The lowest BCUT2D eigenvalue weighted by Gasteiger charge is -2.32. The Morgan fingerprint density at radius 2 is 1.75 bits per heavy atom. The van der Waals surface area contributed by atoms with Crippen molar-refractivity contribution in [1.82, 2.24) is 4.90 Å². The largest absolute Gasteiger partial charge is 0.369 e. The van der Waals surface area contributed by atoms with E-state index in [0.717, 1.165) is 12.8 Å². The SMILES string of the molecule is Cl.NC(=O)C1CCC([C@H](N)C(=O)N2CC[C@@H](F)C2)CC1. The first-order valence-corrected chi connectivity index (χ1v) is 6.96. The Bertz CT molecular complexity index is 362. The predicted octanol–water partition coefficient (Wildman–Crippen LogP) is 0.598. The maximum atomic E-state index is 13.1. The Morgan fingerprint density at radius 1 is 1.15 bits per heavy atom. The quantitative estimate of drug-likeness (QED) is 0.800. The Balaban J connectivity index is 0.00000200. The van der Waals surface area contributed by atoms with E-state index in [9.17, 15) is 14.0 Å². The molecule has 116 valence electrons. The van der Waals surface area contributed by atoms with Crippen LogP contribution in [-0.2, 0) is 9.59 Å². The molecule has 1 saturated heterocycles. The first kappa shape index (κ1) is 17.2. The lowest BCUT2D eigenvalue weighted by molar-refractivity contribution is -0.133. The molecule has 2 fully saturated rings. The minimum Gasteiger partial charge on any atom is -0.369 e. The second kappa shape index (κ2) is 7.22. The van der Waals surface area contributed by atoms with Gasteiger partial charge in [0.1, 0.15) is 6.17 Å². The van der Waals surface area contributed by atoms with Gasteiger partial charge in [-0.05, 0) is 38.0 Å². The number of rotatable bonds is 3. The number of nitrogens with two attached hydrogens (primary N) is 2. The minimum absolute atomic E-state index is 0. The van der Waals surface area contributed by atoms with E-state index >= 15 is 0 Å². The summed E-state index contributed by atoms with van der Waals surface area (Å²) in [6.45, 7) is 0.632. The van der Waals surface area contributed by atoms with Gasteiger partial charge in [0.15, 0.2) is 0 Å². The summed E-state index contributed by atoms with van der Waals surface area (Å²) < 4.78 is 13.1. The molecule has 0 bridgehead atoms. The fourth-order valence-electron chi connectivity index (χ4n) is 3.09. The van der Waals surface area contributed by atoms with E-state index in [4.69, 9.17) is 11.5 Å². The van der Waals surface area contributed by atoms with Crippen molar-refractivity contribution in [2.75, 3.05) is 13.1 Å². The van der Waals surface area contributed by atoms with Crippen molar-refractivity contribution >= 4 is 24.2 Å². The standard InChI is InChI=1S/C13H22FN3O2.ClH/c14-10-5-6-17(7-10)13(19)11(15)8-1-3-9(4-2-8)12(16)18;/h8-11H,1-7,15H2,(H2,16,18);1H/t8?,9?,10-,11+;/m1./s1. The highest BCUT2D eigenvalue weighted by Crippen LogP contribution is 2.31. The number of halogens is 2. The van der Waals surface area contributed by atoms with Crippen molar-refractivity contribution < 1.29 is 14.0 Å². The Hall–Kier alpha value is -0.880. The maximum Gasteiger partial charge on any atom is 0.239 e. The number of nitrogens with zero attached hydrogens (tertiary/aromatic N) is 1. The fourth-order valence-corrected chi connectivity index (χ4v) is 3.09. The van der Waals surface area contributed by atoms with E-state index in [1.165, 1.54) is 4.90 Å². The molecule has 20 heavy (non-hydrogen) atoms. The zero-order valence-electron chi connectivity index (χ0n) is 11.5. The van der Waals surface area contributed by atoms with E-state index in [2.05, 4.69) is 0 Å². The number of alkyl halides is 1. The van der Waals surface area contributed by atoms with Gasteiger partial charge in [0.05, 0.1) is 12.6 Å². The van der Waals surface area contributed by atoms with Crippen molar-refractivity contribution in [2.24, 2.45) is 23.3 Å². The molecule has 2 rings (SSSR count). The molecule has 0 aromatic heterocycles. The lowest BCUT2D eigenvalue weighted by Crippen LogP contribution is -2.48. The highest BCUT2D eigenvalue weighted by molar-refractivity contribution is 5.85. The van der Waals surface area contributed by atoms with Crippen LogP contribution < -0.4 is 11.5 Å². The molecular formula is C13H23ClFN3O2. The van der Waals surface area contributed by atoms with Crippen molar-refractivity contribution in [2.45, 2.75) is 44.3 Å². The molecule has 0 aromatic carbocycles. The van der Waals surface area contributed by atoms with E-state index in [0.29, 0.717) is 25.8 Å².